The highest BCUT2D eigenvalue weighted by Gasteiger charge is 2.47. The highest BCUT2D eigenvalue weighted by molar-refractivity contribution is 6.04. The summed E-state index contributed by atoms with van der Waals surface area (Å²) in [5.41, 5.74) is 3.68. The molecule has 3 unspecified atom stereocenters. The average Bonchev–Trinajstić information content (AvgIpc) is 3.20. The molecule has 0 bridgehead atoms. The van der Waals surface area contributed by atoms with Crippen molar-refractivity contribution in [2.75, 3.05) is 5.32 Å². The quantitative estimate of drug-likeness (QED) is 0.484. The first-order valence-corrected chi connectivity index (χ1v) is 12.0. The summed E-state index contributed by atoms with van der Waals surface area (Å²) in [6, 6.07) is 17.3. The number of rotatable bonds is 8. The van der Waals surface area contributed by atoms with Gasteiger partial charge in [-0.15, -0.1) is 0 Å². The summed E-state index contributed by atoms with van der Waals surface area (Å²) in [5.74, 6) is -0.542. The van der Waals surface area contributed by atoms with Crippen LogP contribution in [0.1, 0.15) is 53.4 Å². The van der Waals surface area contributed by atoms with Crippen molar-refractivity contribution in [3.8, 4) is 0 Å². The number of cyclic esters (lactones) is 1. The normalized spacial score (nSPS) is 17.9. The molecule has 1 aliphatic heterocycles. The van der Waals surface area contributed by atoms with Crippen LogP contribution in [0.4, 0.5) is 10.5 Å². The molecule has 1 fully saturated rings. The van der Waals surface area contributed by atoms with Crippen molar-refractivity contribution in [3.63, 3.8) is 0 Å². The fourth-order valence-corrected chi connectivity index (χ4v) is 4.10. The zero-order chi connectivity index (χ0) is 25.7. The molecule has 8 nitrogen and oxygen atoms in total. The maximum absolute atomic E-state index is 13.3. The van der Waals surface area contributed by atoms with Crippen molar-refractivity contribution in [2.24, 2.45) is 0 Å². The SMILES string of the molecule is CCC(C)NC(=O)C1C(c2ccc(NC(=O)c3cccnc3)cc2)OC(=O)N1Cc1cccc(C)c1. The average molecular weight is 487 g/mol. The second kappa shape index (κ2) is 11.0. The predicted molar refractivity (Wildman–Crippen MR) is 136 cm³/mol. The topological polar surface area (TPSA) is 101 Å². The Morgan fingerprint density at radius 1 is 1.11 bits per heavy atom. The Morgan fingerprint density at radius 2 is 1.89 bits per heavy atom. The monoisotopic (exact) mass is 486 g/mol. The summed E-state index contributed by atoms with van der Waals surface area (Å²) in [6.45, 7) is 6.15. The molecule has 0 aliphatic carbocycles. The summed E-state index contributed by atoms with van der Waals surface area (Å²) >= 11 is 0. The lowest BCUT2D eigenvalue weighted by molar-refractivity contribution is -0.127. The molecule has 3 amide bonds. The summed E-state index contributed by atoms with van der Waals surface area (Å²) in [5, 5.41) is 5.82. The molecule has 2 heterocycles. The Balaban J connectivity index is 1.56. The second-order valence-corrected chi connectivity index (χ2v) is 9.00. The Hall–Kier alpha value is -4.20. The van der Waals surface area contributed by atoms with Gasteiger partial charge in [-0.1, -0.05) is 48.9 Å². The van der Waals surface area contributed by atoms with E-state index in [9.17, 15) is 14.4 Å². The van der Waals surface area contributed by atoms with Crippen molar-refractivity contribution in [1.82, 2.24) is 15.2 Å². The van der Waals surface area contributed by atoms with Crippen molar-refractivity contribution in [3.05, 3.63) is 95.3 Å². The van der Waals surface area contributed by atoms with Crippen LogP contribution in [-0.4, -0.2) is 39.9 Å². The number of hydrogen-bond donors (Lipinski definition) is 2. The number of carbonyl (C=O) groups is 3. The van der Waals surface area contributed by atoms with Crippen LogP contribution in [0.15, 0.2) is 73.1 Å². The molecule has 1 saturated heterocycles. The van der Waals surface area contributed by atoms with Gasteiger partial charge in [0.1, 0.15) is 0 Å². The molecule has 1 aliphatic rings. The van der Waals surface area contributed by atoms with E-state index in [0.29, 0.717) is 16.8 Å². The lowest BCUT2D eigenvalue weighted by Gasteiger charge is -2.26. The van der Waals surface area contributed by atoms with Crippen LogP contribution >= 0.6 is 0 Å². The molecule has 0 spiro atoms. The van der Waals surface area contributed by atoms with Crippen molar-refractivity contribution >= 4 is 23.6 Å². The lowest BCUT2D eigenvalue weighted by Crippen LogP contribution is -2.48. The minimum absolute atomic E-state index is 0.0419. The first kappa shape index (κ1) is 24.9. The van der Waals surface area contributed by atoms with E-state index in [1.165, 1.54) is 11.1 Å². The molecule has 8 heteroatoms. The van der Waals surface area contributed by atoms with Crippen LogP contribution in [0.3, 0.4) is 0 Å². The van der Waals surface area contributed by atoms with Crippen molar-refractivity contribution in [2.45, 2.75) is 51.9 Å². The third-order valence-electron chi connectivity index (χ3n) is 6.21. The maximum atomic E-state index is 13.3. The largest absolute Gasteiger partial charge is 0.438 e. The molecule has 0 radical (unpaired) electrons. The third kappa shape index (κ3) is 5.71. The predicted octanol–water partition coefficient (Wildman–Crippen LogP) is 4.62. The van der Waals surface area contributed by atoms with E-state index >= 15 is 0 Å². The number of hydrogen-bond acceptors (Lipinski definition) is 5. The number of anilines is 1. The van der Waals surface area contributed by atoms with Crippen LogP contribution in [0.2, 0.25) is 0 Å². The Bertz CT molecular complexity index is 1230. The Labute approximate surface area is 210 Å². The Morgan fingerprint density at radius 3 is 2.56 bits per heavy atom. The van der Waals surface area contributed by atoms with Gasteiger partial charge in [-0.05, 0) is 55.7 Å². The molecule has 36 heavy (non-hydrogen) atoms. The number of ether oxygens (including phenoxy) is 1. The molecule has 1 aromatic heterocycles. The van der Waals surface area contributed by atoms with E-state index in [-0.39, 0.29) is 24.4 Å². The van der Waals surface area contributed by atoms with Crippen LogP contribution in [0, 0.1) is 6.92 Å². The number of nitrogens with one attached hydrogen (secondary N) is 2. The van der Waals surface area contributed by atoms with Gasteiger partial charge in [0.15, 0.2) is 12.1 Å². The second-order valence-electron chi connectivity index (χ2n) is 9.00. The standard InChI is InChI=1S/C28H30N4O4/c1-4-19(3)30-27(34)24-25(36-28(35)32(24)17-20-8-5-7-18(2)15-20)21-10-12-23(13-11-21)31-26(33)22-9-6-14-29-16-22/h5-16,19,24-25H,4,17H2,1-3H3,(H,30,34)(H,31,33). The minimum atomic E-state index is -0.831. The van der Waals surface area contributed by atoms with Gasteiger partial charge >= 0.3 is 6.09 Å². The van der Waals surface area contributed by atoms with Gasteiger partial charge in [0, 0.05) is 24.1 Å². The summed E-state index contributed by atoms with van der Waals surface area (Å²) in [7, 11) is 0. The third-order valence-corrected chi connectivity index (χ3v) is 6.21. The van der Waals surface area contributed by atoms with E-state index in [4.69, 9.17) is 4.74 Å². The number of nitrogens with zero attached hydrogens (tertiary/aromatic N) is 2. The van der Waals surface area contributed by atoms with Gasteiger partial charge in [-0.25, -0.2) is 4.79 Å². The first-order valence-electron chi connectivity index (χ1n) is 12.0. The fourth-order valence-electron chi connectivity index (χ4n) is 4.10. The Kier molecular flexibility index (Phi) is 7.63. The first-order chi connectivity index (χ1) is 17.4. The highest BCUT2D eigenvalue weighted by Crippen LogP contribution is 2.34. The van der Waals surface area contributed by atoms with E-state index in [1.54, 1.807) is 42.6 Å². The van der Waals surface area contributed by atoms with Crippen LogP contribution < -0.4 is 10.6 Å². The molecule has 2 N–H and O–H groups in total. The number of carbonyl (C=O) groups excluding carboxylic acids is 3. The number of pyridine rings is 1. The summed E-state index contributed by atoms with van der Waals surface area (Å²) < 4.78 is 5.73. The van der Waals surface area contributed by atoms with E-state index in [1.807, 2.05) is 45.0 Å². The van der Waals surface area contributed by atoms with E-state index in [2.05, 4.69) is 15.6 Å². The molecule has 2 aromatic carbocycles. The van der Waals surface area contributed by atoms with Crippen LogP contribution in [-0.2, 0) is 16.1 Å². The van der Waals surface area contributed by atoms with Gasteiger partial charge < -0.3 is 15.4 Å². The van der Waals surface area contributed by atoms with Gasteiger partial charge in [0.2, 0.25) is 5.91 Å². The van der Waals surface area contributed by atoms with Gasteiger partial charge in [0.25, 0.3) is 5.91 Å². The highest BCUT2D eigenvalue weighted by atomic mass is 16.6. The molecular weight excluding hydrogens is 456 g/mol. The molecule has 4 rings (SSSR count). The zero-order valence-corrected chi connectivity index (χ0v) is 20.6. The lowest BCUT2D eigenvalue weighted by atomic mass is 9.99. The molecule has 3 aromatic rings. The minimum Gasteiger partial charge on any atom is -0.438 e. The number of aromatic nitrogens is 1. The molecule has 186 valence electrons. The van der Waals surface area contributed by atoms with Crippen LogP contribution in [0.25, 0.3) is 0 Å². The molecule has 0 saturated carbocycles. The number of amides is 3. The molecular formula is C28H30N4O4. The fraction of sp³-hybridized carbons (Fsp3) is 0.286. The van der Waals surface area contributed by atoms with E-state index < -0.39 is 18.2 Å². The summed E-state index contributed by atoms with van der Waals surface area (Å²) in [4.78, 5) is 44.2. The van der Waals surface area contributed by atoms with Crippen LogP contribution in [0.5, 0.6) is 0 Å². The van der Waals surface area contributed by atoms with Gasteiger partial charge in [-0.3, -0.25) is 19.5 Å². The summed E-state index contributed by atoms with van der Waals surface area (Å²) in [6.07, 6.45) is 2.53. The zero-order valence-electron chi connectivity index (χ0n) is 20.6. The maximum Gasteiger partial charge on any atom is 0.411 e. The number of benzene rings is 2. The van der Waals surface area contributed by atoms with Gasteiger partial charge in [0.05, 0.1) is 12.1 Å². The van der Waals surface area contributed by atoms with Gasteiger partial charge in [-0.2, -0.15) is 0 Å². The van der Waals surface area contributed by atoms with Crippen molar-refractivity contribution < 1.29 is 19.1 Å². The number of aryl methyl sites for hydroxylation is 1. The molecule has 3 atom stereocenters. The van der Waals surface area contributed by atoms with E-state index in [0.717, 1.165) is 17.5 Å². The smallest absolute Gasteiger partial charge is 0.411 e. The van der Waals surface area contributed by atoms with Crippen molar-refractivity contribution in [1.29, 1.82) is 0 Å².